The minimum atomic E-state index is -0.186. The molecule has 3 aromatic rings. The van der Waals surface area contributed by atoms with Crippen LogP contribution in [-0.2, 0) is 0 Å². The highest BCUT2D eigenvalue weighted by molar-refractivity contribution is 6.04. The third-order valence-electron chi connectivity index (χ3n) is 3.05. The van der Waals surface area contributed by atoms with Gasteiger partial charge in [-0.05, 0) is 43.3 Å². The highest BCUT2D eigenvalue weighted by atomic mass is 16.5. The van der Waals surface area contributed by atoms with Crippen LogP contribution in [0.25, 0.3) is 5.65 Å². The molecule has 0 radical (unpaired) electrons. The lowest BCUT2D eigenvalue weighted by Crippen LogP contribution is -2.12. The molecule has 2 aromatic heterocycles. The van der Waals surface area contributed by atoms with Crippen LogP contribution in [0.1, 0.15) is 16.2 Å². The Balaban J connectivity index is 1.81. The first-order chi connectivity index (χ1) is 10.2. The highest BCUT2D eigenvalue weighted by Gasteiger charge is 2.07. The van der Waals surface area contributed by atoms with Gasteiger partial charge >= 0.3 is 0 Å². The second-order valence-electron chi connectivity index (χ2n) is 4.56. The van der Waals surface area contributed by atoms with Gasteiger partial charge in [-0.25, -0.2) is 9.50 Å². The van der Waals surface area contributed by atoms with Gasteiger partial charge < -0.3 is 10.1 Å². The van der Waals surface area contributed by atoms with Crippen LogP contribution in [0.3, 0.4) is 0 Å². The molecule has 2 heterocycles. The first kappa shape index (κ1) is 13.1. The number of methoxy groups -OCH3 is 1. The third kappa shape index (κ3) is 2.69. The van der Waals surface area contributed by atoms with Crippen molar-refractivity contribution in [3.05, 3.63) is 54.0 Å². The van der Waals surface area contributed by atoms with Crippen LogP contribution in [0, 0.1) is 6.92 Å². The smallest absolute Gasteiger partial charge is 0.255 e. The second-order valence-corrected chi connectivity index (χ2v) is 4.56. The summed E-state index contributed by atoms with van der Waals surface area (Å²) in [6, 6.07) is 10.5. The van der Waals surface area contributed by atoms with E-state index in [1.54, 1.807) is 48.2 Å². The summed E-state index contributed by atoms with van der Waals surface area (Å²) in [4.78, 5) is 16.4. The molecule has 0 atom stereocenters. The van der Waals surface area contributed by atoms with Crippen LogP contribution in [0.5, 0.6) is 5.75 Å². The number of benzene rings is 1. The first-order valence-electron chi connectivity index (χ1n) is 6.44. The summed E-state index contributed by atoms with van der Waals surface area (Å²) >= 11 is 0. The van der Waals surface area contributed by atoms with Gasteiger partial charge in [-0.3, -0.25) is 4.79 Å². The van der Waals surface area contributed by atoms with Crippen molar-refractivity contribution in [2.75, 3.05) is 12.4 Å². The molecular formula is C15H14N4O2. The molecule has 0 aliphatic rings. The van der Waals surface area contributed by atoms with E-state index in [9.17, 15) is 4.79 Å². The third-order valence-corrected chi connectivity index (χ3v) is 3.05. The topological polar surface area (TPSA) is 68.5 Å². The zero-order valence-electron chi connectivity index (χ0n) is 11.7. The molecule has 1 N–H and O–H groups in total. The molecule has 0 aliphatic carbocycles. The summed E-state index contributed by atoms with van der Waals surface area (Å²) < 4.78 is 6.71. The molecule has 21 heavy (non-hydrogen) atoms. The quantitative estimate of drug-likeness (QED) is 0.800. The van der Waals surface area contributed by atoms with Crippen molar-refractivity contribution in [3.63, 3.8) is 0 Å². The molecule has 0 aliphatic heterocycles. The number of aryl methyl sites for hydroxylation is 1. The number of aromatic nitrogens is 3. The number of carbonyl (C=O) groups excluding carboxylic acids is 1. The largest absolute Gasteiger partial charge is 0.497 e. The predicted octanol–water partition coefficient (Wildman–Crippen LogP) is 2.30. The molecule has 3 rings (SSSR count). The average molecular weight is 282 g/mol. The van der Waals surface area contributed by atoms with Crippen LogP contribution in [0.2, 0.25) is 0 Å². The SMILES string of the molecule is COc1ccc(C(=O)Nc2ccc3nc(C)nn3c2)cc1. The maximum Gasteiger partial charge on any atom is 0.255 e. The van der Waals surface area contributed by atoms with Crippen molar-refractivity contribution >= 4 is 17.2 Å². The minimum Gasteiger partial charge on any atom is -0.497 e. The number of fused-ring (bicyclic) bond motifs is 1. The Labute approximate surface area is 121 Å². The molecule has 106 valence electrons. The molecular weight excluding hydrogens is 268 g/mol. The average Bonchev–Trinajstić information content (AvgIpc) is 2.86. The lowest BCUT2D eigenvalue weighted by atomic mass is 10.2. The Kier molecular flexibility index (Phi) is 3.27. The summed E-state index contributed by atoms with van der Waals surface area (Å²) in [6.45, 7) is 1.82. The highest BCUT2D eigenvalue weighted by Crippen LogP contribution is 2.14. The fourth-order valence-electron chi connectivity index (χ4n) is 2.01. The van der Waals surface area contributed by atoms with Crippen molar-refractivity contribution in [3.8, 4) is 5.75 Å². The lowest BCUT2D eigenvalue weighted by molar-refractivity contribution is 0.102. The van der Waals surface area contributed by atoms with E-state index in [2.05, 4.69) is 15.4 Å². The van der Waals surface area contributed by atoms with Crippen LogP contribution in [0.15, 0.2) is 42.6 Å². The molecule has 0 saturated carbocycles. The number of carbonyl (C=O) groups is 1. The van der Waals surface area contributed by atoms with Gasteiger partial charge in [-0.2, -0.15) is 5.10 Å². The molecule has 0 saturated heterocycles. The van der Waals surface area contributed by atoms with Crippen molar-refractivity contribution in [2.24, 2.45) is 0 Å². The van der Waals surface area contributed by atoms with Crippen molar-refractivity contribution < 1.29 is 9.53 Å². The molecule has 6 nitrogen and oxygen atoms in total. The van der Waals surface area contributed by atoms with Crippen LogP contribution < -0.4 is 10.1 Å². The van der Waals surface area contributed by atoms with Crippen molar-refractivity contribution in [1.82, 2.24) is 14.6 Å². The summed E-state index contributed by atoms with van der Waals surface area (Å²) in [7, 11) is 1.59. The van der Waals surface area contributed by atoms with Gasteiger partial charge in [0.15, 0.2) is 5.65 Å². The van der Waals surface area contributed by atoms with E-state index in [0.29, 0.717) is 22.8 Å². The van der Waals surface area contributed by atoms with Gasteiger partial charge in [0.25, 0.3) is 5.91 Å². The molecule has 0 fully saturated rings. The van der Waals surface area contributed by atoms with E-state index >= 15 is 0 Å². The zero-order valence-corrected chi connectivity index (χ0v) is 11.7. The van der Waals surface area contributed by atoms with E-state index in [1.165, 1.54) is 0 Å². The van der Waals surface area contributed by atoms with Crippen LogP contribution in [-0.4, -0.2) is 27.6 Å². The number of amides is 1. The number of anilines is 1. The van der Waals surface area contributed by atoms with Gasteiger partial charge in [0.05, 0.1) is 19.0 Å². The summed E-state index contributed by atoms with van der Waals surface area (Å²) in [5.74, 6) is 1.22. The van der Waals surface area contributed by atoms with E-state index < -0.39 is 0 Å². The number of ether oxygens (including phenoxy) is 1. The number of hydrogen-bond acceptors (Lipinski definition) is 4. The number of rotatable bonds is 3. The molecule has 1 amide bonds. The Hall–Kier alpha value is -2.89. The molecule has 0 unspecified atom stereocenters. The van der Waals surface area contributed by atoms with Crippen LogP contribution >= 0.6 is 0 Å². The monoisotopic (exact) mass is 282 g/mol. The Morgan fingerprint density at radius 3 is 2.67 bits per heavy atom. The van der Waals surface area contributed by atoms with Crippen molar-refractivity contribution in [2.45, 2.75) is 6.92 Å². The Morgan fingerprint density at radius 2 is 1.95 bits per heavy atom. The summed E-state index contributed by atoms with van der Waals surface area (Å²) in [6.07, 6.45) is 1.73. The Morgan fingerprint density at radius 1 is 1.19 bits per heavy atom. The molecule has 0 bridgehead atoms. The molecule has 6 heteroatoms. The van der Waals surface area contributed by atoms with E-state index in [0.717, 1.165) is 5.65 Å². The maximum absolute atomic E-state index is 12.2. The van der Waals surface area contributed by atoms with Gasteiger partial charge in [-0.1, -0.05) is 0 Å². The van der Waals surface area contributed by atoms with Gasteiger partial charge in [0.1, 0.15) is 11.6 Å². The summed E-state index contributed by atoms with van der Waals surface area (Å²) in [5.41, 5.74) is 1.97. The molecule has 0 spiro atoms. The number of hydrogen-bond donors (Lipinski definition) is 1. The maximum atomic E-state index is 12.2. The van der Waals surface area contributed by atoms with Gasteiger partial charge in [0.2, 0.25) is 0 Å². The van der Waals surface area contributed by atoms with E-state index in [4.69, 9.17) is 4.74 Å². The van der Waals surface area contributed by atoms with Crippen molar-refractivity contribution in [1.29, 1.82) is 0 Å². The normalized spacial score (nSPS) is 10.6. The minimum absolute atomic E-state index is 0.186. The molecule has 1 aromatic carbocycles. The number of nitrogens with one attached hydrogen (secondary N) is 1. The first-order valence-corrected chi connectivity index (χ1v) is 6.44. The lowest BCUT2D eigenvalue weighted by Gasteiger charge is -2.06. The Bertz CT molecular complexity index is 793. The summed E-state index contributed by atoms with van der Waals surface area (Å²) in [5, 5.41) is 7.04. The fourth-order valence-corrected chi connectivity index (χ4v) is 2.01. The second kappa shape index (κ2) is 5.24. The number of pyridine rings is 1. The van der Waals surface area contributed by atoms with E-state index in [1.807, 2.05) is 13.0 Å². The fraction of sp³-hybridized carbons (Fsp3) is 0.133. The van der Waals surface area contributed by atoms with E-state index in [-0.39, 0.29) is 5.91 Å². The van der Waals surface area contributed by atoms with Gasteiger partial charge in [-0.15, -0.1) is 0 Å². The number of nitrogens with zero attached hydrogens (tertiary/aromatic N) is 3. The standard InChI is InChI=1S/C15H14N4O2/c1-10-16-14-8-5-12(9-19(14)18-10)17-15(20)11-3-6-13(21-2)7-4-11/h3-9H,1-2H3,(H,17,20). The predicted molar refractivity (Wildman–Crippen MR) is 78.7 cm³/mol. The van der Waals surface area contributed by atoms with Crippen LogP contribution in [0.4, 0.5) is 5.69 Å². The zero-order chi connectivity index (χ0) is 14.8. The van der Waals surface area contributed by atoms with Gasteiger partial charge in [0, 0.05) is 5.56 Å².